The molecule has 0 radical (unpaired) electrons. The summed E-state index contributed by atoms with van der Waals surface area (Å²) in [6.45, 7) is 8.54. The molecule has 36 heavy (non-hydrogen) atoms. The minimum Gasteiger partial charge on any atom is -0.373 e. The number of nitrogens with one attached hydrogen (secondary N) is 2. The molecule has 4 heterocycles. The van der Waals surface area contributed by atoms with Crippen LogP contribution in [0.15, 0.2) is 47.7 Å². The van der Waals surface area contributed by atoms with Gasteiger partial charge in [-0.25, -0.2) is 9.97 Å². The predicted octanol–water partition coefficient (Wildman–Crippen LogP) is 3.86. The Bertz CT molecular complexity index is 1470. The Morgan fingerprint density at radius 3 is 2.72 bits per heavy atom. The molecule has 10 heteroatoms. The van der Waals surface area contributed by atoms with Crippen LogP contribution in [0.2, 0.25) is 5.02 Å². The fourth-order valence-electron chi connectivity index (χ4n) is 4.19. The normalized spacial score (nSPS) is 14.6. The summed E-state index contributed by atoms with van der Waals surface area (Å²) in [5.41, 5.74) is 3.85. The molecule has 186 valence electrons. The van der Waals surface area contributed by atoms with E-state index in [0.717, 1.165) is 35.4 Å². The van der Waals surface area contributed by atoms with Gasteiger partial charge in [-0.3, -0.25) is 14.3 Å². The average Bonchev–Trinajstić information content (AvgIpc) is 2.83. The minimum atomic E-state index is -0.245. The zero-order chi connectivity index (χ0) is 25.2. The summed E-state index contributed by atoms with van der Waals surface area (Å²) < 4.78 is 7.69. The third kappa shape index (κ3) is 4.82. The summed E-state index contributed by atoms with van der Waals surface area (Å²) in [4.78, 5) is 31.7. The van der Waals surface area contributed by atoms with E-state index in [4.69, 9.17) is 16.3 Å². The standard InChI is InChI=1S/C26H28ClN7O2/c1-4-30-26-31-10-18-7-21(20-6-5-17(8-22(20)27)23-13-28-9-15(2)32-23)25(35)34(24(18)33-26)16(3)14-36-19-11-29-12-19/h5-10,13,16,19,29H,4,11-12,14H2,1-3H3,(H,30,31,33). The van der Waals surface area contributed by atoms with Gasteiger partial charge in [0.2, 0.25) is 5.95 Å². The number of pyridine rings is 1. The van der Waals surface area contributed by atoms with Crippen LogP contribution < -0.4 is 16.2 Å². The van der Waals surface area contributed by atoms with Gasteiger partial charge in [0.1, 0.15) is 5.65 Å². The summed E-state index contributed by atoms with van der Waals surface area (Å²) in [7, 11) is 0. The molecule has 0 aliphatic carbocycles. The van der Waals surface area contributed by atoms with Crippen LogP contribution in [0, 0.1) is 6.92 Å². The second-order valence-electron chi connectivity index (χ2n) is 8.94. The lowest BCUT2D eigenvalue weighted by Gasteiger charge is -2.29. The minimum absolute atomic E-state index is 0.163. The van der Waals surface area contributed by atoms with E-state index in [-0.39, 0.29) is 17.7 Å². The van der Waals surface area contributed by atoms with E-state index >= 15 is 0 Å². The van der Waals surface area contributed by atoms with Crippen molar-refractivity contribution in [1.82, 2.24) is 29.8 Å². The zero-order valence-electron chi connectivity index (χ0n) is 20.5. The lowest BCUT2D eigenvalue weighted by Crippen LogP contribution is -2.49. The zero-order valence-corrected chi connectivity index (χ0v) is 21.2. The quantitative estimate of drug-likeness (QED) is 0.372. The first-order chi connectivity index (χ1) is 17.4. The number of fused-ring (bicyclic) bond motifs is 1. The highest BCUT2D eigenvalue weighted by molar-refractivity contribution is 6.33. The highest BCUT2D eigenvalue weighted by atomic mass is 35.5. The molecule has 1 aliphatic heterocycles. The monoisotopic (exact) mass is 505 g/mol. The van der Waals surface area contributed by atoms with Crippen LogP contribution in [0.4, 0.5) is 5.95 Å². The van der Waals surface area contributed by atoms with Gasteiger partial charge in [-0.15, -0.1) is 0 Å². The van der Waals surface area contributed by atoms with Crippen LogP contribution in [-0.2, 0) is 4.74 Å². The maximum Gasteiger partial charge on any atom is 0.260 e. The number of ether oxygens (including phenoxy) is 1. The van der Waals surface area contributed by atoms with E-state index < -0.39 is 0 Å². The van der Waals surface area contributed by atoms with Gasteiger partial charge in [-0.1, -0.05) is 23.7 Å². The highest BCUT2D eigenvalue weighted by Crippen LogP contribution is 2.32. The third-order valence-corrected chi connectivity index (χ3v) is 6.49. The number of aromatic nitrogens is 5. The molecule has 1 aliphatic rings. The lowest BCUT2D eigenvalue weighted by molar-refractivity contribution is 0.00445. The fourth-order valence-corrected chi connectivity index (χ4v) is 4.47. The third-order valence-electron chi connectivity index (χ3n) is 6.18. The first-order valence-corrected chi connectivity index (χ1v) is 12.4. The van der Waals surface area contributed by atoms with E-state index in [0.29, 0.717) is 40.9 Å². The molecule has 1 unspecified atom stereocenters. The summed E-state index contributed by atoms with van der Waals surface area (Å²) in [6.07, 6.45) is 5.29. The van der Waals surface area contributed by atoms with Crippen molar-refractivity contribution in [2.45, 2.75) is 32.9 Å². The van der Waals surface area contributed by atoms with Gasteiger partial charge in [0.15, 0.2) is 0 Å². The number of hydrogen-bond acceptors (Lipinski definition) is 8. The Balaban J connectivity index is 1.60. The van der Waals surface area contributed by atoms with Crippen molar-refractivity contribution in [2.75, 3.05) is 31.6 Å². The summed E-state index contributed by atoms with van der Waals surface area (Å²) in [5, 5.41) is 7.52. The van der Waals surface area contributed by atoms with Gasteiger partial charge in [-0.2, -0.15) is 4.98 Å². The Morgan fingerprint density at radius 1 is 1.19 bits per heavy atom. The van der Waals surface area contributed by atoms with Crippen molar-refractivity contribution < 1.29 is 4.74 Å². The van der Waals surface area contributed by atoms with Gasteiger partial charge in [-0.05, 0) is 32.9 Å². The molecule has 1 atom stereocenters. The largest absolute Gasteiger partial charge is 0.373 e. The lowest BCUT2D eigenvalue weighted by atomic mass is 10.0. The second kappa shape index (κ2) is 10.3. The second-order valence-corrected chi connectivity index (χ2v) is 9.35. The molecular weight excluding hydrogens is 478 g/mol. The molecular formula is C26H28ClN7O2. The predicted molar refractivity (Wildman–Crippen MR) is 141 cm³/mol. The molecule has 0 amide bonds. The fraction of sp³-hybridized carbons (Fsp3) is 0.346. The number of aryl methyl sites for hydroxylation is 1. The number of rotatable bonds is 8. The first-order valence-electron chi connectivity index (χ1n) is 12.0. The topological polar surface area (TPSA) is 107 Å². The van der Waals surface area contributed by atoms with E-state index in [1.165, 1.54) is 0 Å². The number of hydrogen-bond donors (Lipinski definition) is 2. The molecule has 2 N–H and O–H groups in total. The molecule has 3 aromatic heterocycles. The Morgan fingerprint density at radius 2 is 2.03 bits per heavy atom. The van der Waals surface area contributed by atoms with Gasteiger partial charge in [0, 0.05) is 59.1 Å². The number of benzene rings is 1. The Hall–Kier alpha value is -3.40. The first kappa shape index (κ1) is 24.3. The molecule has 4 aromatic rings. The van der Waals surface area contributed by atoms with E-state index in [1.54, 1.807) is 29.2 Å². The molecule has 9 nitrogen and oxygen atoms in total. The Labute approximate surface area is 213 Å². The van der Waals surface area contributed by atoms with Crippen molar-refractivity contribution in [3.05, 3.63) is 63.9 Å². The number of halogens is 1. The van der Waals surface area contributed by atoms with E-state index in [9.17, 15) is 4.79 Å². The van der Waals surface area contributed by atoms with Crippen LogP contribution in [0.5, 0.6) is 0 Å². The smallest absolute Gasteiger partial charge is 0.260 e. The van der Waals surface area contributed by atoms with Crippen molar-refractivity contribution >= 4 is 28.6 Å². The van der Waals surface area contributed by atoms with Crippen LogP contribution in [0.25, 0.3) is 33.4 Å². The van der Waals surface area contributed by atoms with Gasteiger partial charge < -0.3 is 15.4 Å². The van der Waals surface area contributed by atoms with Crippen molar-refractivity contribution in [3.8, 4) is 22.4 Å². The van der Waals surface area contributed by atoms with Gasteiger partial charge in [0.25, 0.3) is 5.56 Å². The van der Waals surface area contributed by atoms with Crippen LogP contribution in [0.3, 0.4) is 0 Å². The van der Waals surface area contributed by atoms with Crippen molar-refractivity contribution in [3.63, 3.8) is 0 Å². The van der Waals surface area contributed by atoms with Gasteiger partial charge >= 0.3 is 0 Å². The summed E-state index contributed by atoms with van der Waals surface area (Å²) in [5.74, 6) is 0.476. The van der Waals surface area contributed by atoms with Crippen LogP contribution >= 0.6 is 11.6 Å². The maximum atomic E-state index is 13.9. The summed E-state index contributed by atoms with van der Waals surface area (Å²) in [6, 6.07) is 7.13. The van der Waals surface area contributed by atoms with Crippen LogP contribution in [-0.4, -0.2) is 56.8 Å². The van der Waals surface area contributed by atoms with Crippen molar-refractivity contribution in [1.29, 1.82) is 0 Å². The Kier molecular flexibility index (Phi) is 6.95. The highest BCUT2D eigenvalue weighted by Gasteiger charge is 2.22. The van der Waals surface area contributed by atoms with Gasteiger partial charge in [0.05, 0.1) is 36.3 Å². The molecule has 1 aromatic carbocycles. The maximum absolute atomic E-state index is 13.9. The molecule has 0 bridgehead atoms. The molecule has 5 rings (SSSR count). The number of anilines is 1. The van der Waals surface area contributed by atoms with E-state index in [2.05, 4.69) is 30.6 Å². The molecule has 1 fully saturated rings. The van der Waals surface area contributed by atoms with Crippen LogP contribution in [0.1, 0.15) is 25.6 Å². The number of nitrogens with zero attached hydrogens (tertiary/aromatic N) is 5. The van der Waals surface area contributed by atoms with E-state index in [1.807, 2.05) is 39.0 Å². The molecule has 1 saturated heterocycles. The average molecular weight is 506 g/mol. The summed E-state index contributed by atoms with van der Waals surface area (Å²) >= 11 is 6.74. The molecule has 0 spiro atoms. The molecule has 0 saturated carbocycles. The SMILES string of the molecule is CCNc1ncc2cc(-c3ccc(-c4cncc(C)n4)cc3Cl)c(=O)n(C(C)COC3CNC3)c2n1. The van der Waals surface area contributed by atoms with Crippen molar-refractivity contribution in [2.24, 2.45) is 0 Å².